The summed E-state index contributed by atoms with van der Waals surface area (Å²) in [5.74, 6) is -1.41. The van der Waals surface area contributed by atoms with E-state index < -0.39 is 11.9 Å². The van der Waals surface area contributed by atoms with Crippen molar-refractivity contribution in [3.8, 4) is 0 Å². The van der Waals surface area contributed by atoms with Crippen LogP contribution in [0.1, 0.15) is 26.7 Å². The van der Waals surface area contributed by atoms with E-state index in [0.717, 1.165) is 0 Å². The predicted molar refractivity (Wildman–Crippen MR) is 66.1 cm³/mol. The molecule has 0 aromatic carbocycles. The third kappa shape index (κ3) is 3.11. The van der Waals surface area contributed by atoms with Crippen LogP contribution in [0.2, 0.25) is 5.02 Å². The second-order valence-corrected chi connectivity index (χ2v) is 4.02. The summed E-state index contributed by atoms with van der Waals surface area (Å²) in [7, 11) is 0. The number of aromatic nitrogens is 1. The molecule has 2 heterocycles. The van der Waals surface area contributed by atoms with Gasteiger partial charge in [-0.1, -0.05) is 11.6 Å². The second-order valence-electron chi connectivity index (χ2n) is 3.61. The predicted octanol–water partition coefficient (Wildman–Crippen LogP) is 1.96. The van der Waals surface area contributed by atoms with Gasteiger partial charge in [0.25, 0.3) is 5.91 Å². The minimum atomic E-state index is -1.16. The lowest BCUT2D eigenvalue weighted by Gasteiger charge is -2.04. The van der Waals surface area contributed by atoms with E-state index >= 15 is 0 Å². The molecule has 0 unspecified atom stereocenters. The number of rotatable bonds is 4. The van der Waals surface area contributed by atoms with Crippen LogP contribution < -0.4 is 5.32 Å². The van der Waals surface area contributed by atoms with Crippen LogP contribution in [0.25, 0.3) is 0 Å². The number of halogens is 1. The first-order valence-corrected chi connectivity index (χ1v) is 5.65. The van der Waals surface area contributed by atoms with Gasteiger partial charge in [-0.25, -0.2) is 4.79 Å². The van der Waals surface area contributed by atoms with Crippen LogP contribution in [-0.4, -0.2) is 22.0 Å². The quantitative estimate of drug-likeness (QED) is 0.893. The number of carbonyl (C=O) groups excluding carboxylic acids is 1. The molecule has 6 nitrogen and oxygen atoms in total. The summed E-state index contributed by atoms with van der Waals surface area (Å²) >= 11 is 5.84. The number of hydrogen-bond acceptors (Lipinski definition) is 4. The van der Waals surface area contributed by atoms with E-state index in [4.69, 9.17) is 21.1 Å². The van der Waals surface area contributed by atoms with Gasteiger partial charge >= 0.3 is 5.97 Å². The van der Waals surface area contributed by atoms with Crippen LogP contribution in [0.4, 0.5) is 0 Å². The minimum Gasteiger partial charge on any atom is -0.475 e. The SMILES string of the molecule is O=C(O)c1ccc(CNC(=O)c2cnccc2Cl)o1. The van der Waals surface area contributed by atoms with Gasteiger partial charge in [0.1, 0.15) is 5.76 Å². The number of nitrogens with zero attached hydrogens (tertiary/aromatic N) is 1. The Morgan fingerprint density at radius 2 is 2.16 bits per heavy atom. The molecule has 2 N–H and O–H groups in total. The smallest absolute Gasteiger partial charge is 0.371 e. The fourth-order valence-corrected chi connectivity index (χ4v) is 1.59. The van der Waals surface area contributed by atoms with Crippen LogP contribution in [-0.2, 0) is 6.54 Å². The summed E-state index contributed by atoms with van der Waals surface area (Å²) in [5.41, 5.74) is 0.245. The molecule has 2 aromatic heterocycles. The first kappa shape index (κ1) is 13.1. The van der Waals surface area contributed by atoms with E-state index in [1.54, 1.807) is 0 Å². The second kappa shape index (κ2) is 5.53. The zero-order valence-corrected chi connectivity index (χ0v) is 10.3. The van der Waals surface area contributed by atoms with Gasteiger partial charge in [0, 0.05) is 12.4 Å². The van der Waals surface area contributed by atoms with Crippen molar-refractivity contribution in [1.29, 1.82) is 0 Å². The van der Waals surface area contributed by atoms with Crippen molar-refractivity contribution in [3.63, 3.8) is 0 Å². The van der Waals surface area contributed by atoms with Crippen molar-refractivity contribution >= 4 is 23.5 Å². The van der Waals surface area contributed by atoms with E-state index in [1.165, 1.54) is 30.6 Å². The Morgan fingerprint density at radius 1 is 1.37 bits per heavy atom. The third-order valence-electron chi connectivity index (χ3n) is 2.31. The molecule has 98 valence electrons. The molecule has 2 rings (SSSR count). The molecule has 7 heteroatoms. The van der Waals surface area contributed by atoms with Crippen LogP contribution in [0.5, 0.6) is 0 Å². The average Bonchev–Trinajstić information content (AvgIpc) is 2.85. The Balaban J connectivity index is 2.00. The molecule has 0 fully saturated rings. The molecular formula is C12H9ClN2O4. The highest BCUT2D eigenvalue weighted by atomic mass is 35.5. The standard InChI is InChI=1S/C12H9ClN2O4/c13-9-3-4-14-6-8(9)11(16)15-5-7-1-2-10(19-7)12(17)18/h1-4,6H,5H2,(H,15,16)(H,17,18). The van der Waals surface area contributed by atoms with Gasteiger partial charge in [-0.2, -0.15) is 0 Å². The lowest BCUT2D eigenvalue weighted by atomic mass is 10.2. The number of furan rings is 1. The van der Waals surface area contributed by atoms with E-state index in [0.29, 0.717) is 5.76 Å². The Morgan fingerprint density at radius 3 is 2.79 bits per heavy atom. The number of pyridine rings is 1. The Hall–Kier alpha value is -2.34. The molecule has 0 radical (unpaired) electrons. The molecule has 19 heavy (non-hydrogen) atoms. The summed E-state index contributed by atoms with van der Waals surface area (Å²) in [4.78, 5) is 26.2. The van der Waals surface area contributed by atoms with Crippen LogP contribution in [0, 0.1) is 0 Å². The number of aromatic carboxylic acids is 1. The van der Waals surface area contributed by atoms with Gasteiger partial charge < -0.3 is 14.8 Å². The van der Waals surface area contributed by atoms with E-state index in [9.17, 15) is 9.59 Å². The van der Waals surface area contributed by atoms with Gasteiger partial charge in [0.15, 0.2) is 0 Å². The number of amides is 1. The Kier molecular flexibility index (Phi) is 3.82. The van der Waals surface area contributed by atoms with Gasteiger partial charge in [-0.3, -0.25) is 9.78 Å². The summed E-state index contributed by atoms with van der Waals surface area (Å²) in [6.45, 7) is 0.0668. The van der Waals surface area contributed by atoms with Crippen molar-refractivity contribution in [3.05, 3.63) is 52.7 Å². The van der Waals surface area contributed by atoms with Gasteiger partial charge in [0.05, 0.1) is 17.1 Å². The first-order chi connectivity index (χ1) is 9.08. The molecule has 0 saturated carbocycles. The third-order valence-corrected chi connectivity index (χ3v) is 2.64. The lowest BCUT2D eigenvalue weighted by Crippen LogP contribution is -2.23. The van der Waals surface area contributed by atoms with Crippen molar-refractivity contribution in [2.75, 3.05) is 0 Å². The highest BCUT2D eigenvalue weighted by Crippen LogP contribution is 2.13. The normalized spacial score (nSPS) is 10.2. The number of carboxylic acids is 1. The van der Waals surface area contributed by atoms with E-state index in [2.05, 4.69) is 10.3 Å². The molecule has 0 aliphatic carbocycles. The van der Waals surface area contributed by atoms with Gasteiger partial charge in [0.2, 0.25) is 5.76 Å². The minimum absolute atomic E-state index is 0.0668. The molecule has 0 bridgehead atoms. The zero-order chi connectivity index (χ0) is 13.8. The summed E-state index contributed by atoms with van der Waals surface area (Å²) in [6.07, 6.45) is 2.83. The molecule has 0 saturated heterocycles. The van der Waals surface area contributed by atoms with Crippen molar-refractivity contribution in [1.82, 2.24) is 10.3 Å². The number of nitrogens with one attached hydrogen (secondary N) is 1. The highest BCUT2D eigenvalue weighted by Gasteiger charge is 2.12. The summed E-state index contributed by atoms with van der Waals surface area (Å²) in [6, 6.07) is 4.31. The van der Waals surface area contributed by atoms with Crippen molar-refractivity contribution in [2.45, 2.75) is 6.54 Å². The van der Waals surface area contributed by atoms with Crippen LogP contribution in [0.3, 0.4) is 0 Å². The van der Waals surface area contributed by atoms with Gasteiger partial charge in [-0.15, -0.1) is 0 Å². The fourth-order valence-electron chi connectivity index (χ4n) is 1.40. The maximum atomic E-state index is 11.8. The zero-order valence-electron chi connectivity index (χ0n) is 9.59. The number of carbonyl (C=O) groups is 2. The van der Waals surface area contributed by atoms with Crippen molar-refractivity contribution < 1.29 is 19.1 Å². The summed E-state index contributed by atoms with van der Waals surface area (Å²) in [5, 5.41) is 11.5. The van der Waals surface area contributed by atoms with Crippen LogP contribution in [0.15, 0.2) is 35.0 Å². The Bertz CT molecular complexity index is 624. The molecular weight excluding hydrogens is 272 g/mol. The van der Waals surface area contributed by atoms with E-state index in [1.807, 2.05) is 0 Å². The van der Waals surface area contributed by atoms with E-state index in [-0.39, 0.29) is 22.9 Å². The largest absolute Gasteiger partial charge is 0.475 e. The van der Waals surface area contributed by atoms with Gasteiger partial charge in [-0.05, 0) is 18.2 Å². The molecule has 1 amide bonds. The maximum Gasteiger partial charge on any atom is 0.371 e. The molecule has 0 aliphatic rings. The molecule has 2 aromatic rings. The Labute approximate surface area is 113 Å². The highest BCUT2D eigenvalue weighted by molar-refractivity contribution is 6.33. The average molecular weight is 281 g/mol. The topological polar surface area (TPSA) is 92.4 Å². The molecule has 0 aliphatic heterocycles. The molecule has 0 spiro atoms. The first-order valence-electron chi connectivity index (χ1n) is 5.27. The summed E-state index contributed by atoms with van der Waals surface area (Å²) < 4.78 is 5.00. The van der Waals surface area contributed by atoms with Crippen LogP contribution >= 0.6 is 11.6 Å². The monoisotopic (exact) mass is 280 g/mol. The van der Waals surface area contributed by atoms with Crippen molar-refractivity contribution in [2.24, 2.45) is 0 Å². The lowest BCUT2D eigenvalue weighted by molar-refractivity contribution is 0.0660. The fraction of sp³-hybridized carbons (Fsp3) is 0.0833. The number of hydrogen-bond donors (Lipinski definition) is 2. The maximum absolute atomic E-state index is 11.8. The molecule has 0 atom stereocenters. The number of carboxylic acid groups (broad SMARTS) is 1.